The van der Waals surface area contributed by atoms with Crippen molar-refractivity contribution in [3.63, 3.8) is 0 Å². The molecule has 5 nitrogen and oxygen atoms in total. The Kier molecular flexibility index (Phi) is 4.54. The second kappa shape index (κ2) is 5.47. The van der Waals surface area contributed by atoms with Crippen molar-refractivity contribution in [2.75, 3.05) is 26.2 Å². The Morgan fingerprint density at radius 2 is 2.13 bits per heavy atom. The third kappa shape index (κ3) is 3.80. The predicted molar refractivity (Wildman–Crippen MR) is 59.4 cm³/mol. The van der Waals surface area contributed by atoms with Gasteiger partial charge in [-0.1, -0.05) is 0 Å². The van der Waals surface area contributed by atoms with Gasteiger partial charge in [0, 0.05) is 38.6 Å². The Morgan fingerprint density at radius 1 is 1.53 bits per heavy atom. The molecule has 0 aromatic heterocycles. The minimum Gasteiger partial charge on any atom is -0.314 e. The largest absolute Gasteiger partial charge is 0.314 e. The molecule has 1 atom stereocenters. The van der Waals surface area contributed by atoms with Crippen LogP contribution in [0.5, 0.6) is 0 Å². The summed E-state index contributed by atoms with van der Waals surface area (Å²) in [6, 6.07) is -0.213. The second-order valence-corrected chi connectivity index (χ2v) is 5.28. The first kappa shape index (κ1) is 12.5. The molecule has 0 radical (unpaired) electrons. The van der Waals surface area contributed by atoms with E-state index in [2.05, 4.69) is 16.0 Å². The lowest BCUT2D eigenvalue weighted by Gasteiger charge is -2.27. The highest BCUT2D eigenvalue weighted by atomic mass is 32.2. The molecular formula is C9H17N3O2S. The summed E-state index contributed by atoms with van der Waals surface area (Å²) in [6.07, 6.45) is 5.53. The first-order valence-electron chi connectivity index (χ1n) is 4.98. The van der Waals surface area contributed by atoms with E-state index >= 15 is 0 Å². The van der Waals surface area contributed by atoms with Gasteiger partial charge < -0.3 is 5.32 Å². The molecule has 1 fully saturated rings. The first-order valence-corrected chi connectivity index (χ1v) is 6.42. The third-order valence-electron chi connectivity index (χ3n) is 2.19. The molecule has 1 aliphatic heterocycles. The fraction of sp³-hybridized carbons (Fsp3) is 0.778. The maximum absolute atomic E-state index is 11.8. The minimum atomic E-state index is -3.36. The van der Waals surface area contributed by atoms with Gasteiger partial charge in [0.15, 0.2) is 0 Å². The molecule has 1 saturated heterocycles. The minimum absolute atomic E-state index is 0.213. The summed E-state index contributed by atoms with van der Waals surface area (Å²) in [5, 5.41) is 3.10. The van der Waals surface area contributed by atoms with E-state index in [1.54, 1.807) is 6.92 Å². The van der Waals surface area contributed by atoms with Crippen LogP contribution >= 0.6 is 0 Å². The highest BCUT2D eigenvalue weighted by molar-refractivity contribution is 7.87. The van der Waals surface area contributed by atoms with E-state index in [1.807, 2.05) is 0 Å². The molecule has 1 aliphatic rings. The maximum atomic E-state index is 11.8. The molecule has 0 amide bonds. The van der Waals surface area contributed by atoms with Crippen molar-refractivity contribution in [2.45, 2.75) is 19.4 Å². The first-order chi connectivity index (χ1) is 7.06. The average molecular weight is 231 g/mol. The number of piperazine rings is 1. The van der Waals surface area contributed by atoms with Crippen LogP contribution < -0.4 is 10.0 Å². The molecule has 86 valence electrons. The van der Waals surface area contributed by atoms with E-state index in [1.165, 1.54) is 4.31 Å². The molecule has 1 heterocycles. The zero-order valence-electron chi connectivity index (χ0n) is 8.86. The number of hydrogen-bond donors (Lipinski definition) is 2. The summed E-state index contributed by atoms with van der Waals surface area (Å²) < 4.78 is 27.6. The van der Waals surface area contributed by atoms with Gasteiger partial charge in [-0.05, 0) is 6.92 Å². The van der Waals surface area contributed by atoms with Gasteiger partial charge in [-0.25, -0.2) is 0 Å². The fourth-order valence-electron chi connectivity index (χ4n) is 1.43. The van der Waals surface area contributed by atoms with Gasteiger partial charge in [-0.3, -0.25) is 0 Å². The van der Waals surface area contributed by atoms with Gasteiger partial charge in [-0.2, -0.15) is 17.4 Å². The second-order valence-electron chi connectivity index (χ2n) is 3.58. The highest BCUT2D eigenvalue weighted by Crippen LogP contribution is 2.02. The Hall–Kier alpha value is -0.610. The standard InChI is InChI=1S/C9H17N3O2S/c1-3-4-9(2)11-15(13,14)12-7-5-10-6-8-12/h1,9-11H,4-8H2,2H3. The number of nitrogens with one attached hydrogen (secondary N) is 2. The van der Waals surface area contributed by atoms with Crippen molar-refractivity contribution in [3.8, 4) is 12.3 Å². The number of nitrogens with zero attached hydrogens (tertiary/aromatic N) is 1. The molecule has 6 heteroatoms. The van der Waals surface area contributed by atoms with Crippen LogP contribution in [-0.4, -0.2) is 44.9 Å². The van der Waals surface area contributed by atoms with E-state index in [-0.39, 0.29) is 6.04 Å². The Labute approximate surface area is 91.4 Å². The van der Waals surface area contributed by atoms with Gasteiger partial charge in [0.05, 0.1) is 0 Å². The summed E-state index contributed by atoms with van der Waals surface area (Å²) in [5.41, 5.74) is 0. The van der Waals surface area contributed by atoms with Crippen LogP contribution in [0.2, 0.25) is 0 Å². The fourth-order valence-corrected chi connectivity index (χ4v) is 2.84. The molecule has 0 spiro atoms. The molecule has 0 saturated carbocycles. The van der Waals surface area contributed by atoms with Crippen LogP contribution in [0.3, 0.4) is 0 Å². The summed E-state index contributed by atoms with van der Waals surface area (Å²) in [5.74, 6) is 2.44. The summed E-state index contributed by atoms with van der Waals surface area (Å²) >= 11 is 0. The van der Waals surface area contributed by atoms with E-state index in [0.29, 0.717) is 32.6 Å². The van der Waals surface area contributed by atoms with Crippen molar-refractivity contribution in [1.82, 2.24) is 14.3 Å². The molecule has 0 aromatic rings. The van der Waals surface area contributed by atoms with Crippen molar-refractivity contribution >= 4 is 10.2 Å². The number of rotatable bonds is 4. The van der Waals surface area contributed by atoms with Gasteiger partial charge in [0.2, 0.25) is 0 Å². The highest BCUT2D eigenvalue weighted by Gasteiger charge is 2.24. The van der Waals surface area contributed by atoms with Gasteiger partial charge in [-0.15, -0.1) is 12.3 Å². The molecule has 0 bridgehead atoms. The van der Waals surface area contributed by atoms with Gasteiger partial charge in [0.25, 0.3) is 10.2 Å². The molecule has 0 aliphatic carbocycles. The Balaban J connectivity index is 2.54. The van der Waals surface area contributed by atoms with Crippen molar-refractivity contribution < 1.29 is 8.42 Å². The maximum Gasteiger partial charge on any atom is 0.279 e. The summed E-state index contributed by atoms with van der Waals surface area (Å²) in [7, 11) is -3.36. The molecule has 1 rings (SSSR count). The molecule has 0 aromatic carbocycles. The van der Waals surface area contributed by atoms with Crippen LogP contribution in [0.15, 0.2) is 0 Å². The molecular weight excluding hydrogens is 214 g/mol. The van der Waals surface area contributed by atoms with Crippen LogP contribution in [0.4, 0.5) is 0 Å². The van der Waals surface area contributed by atoms with Crippen LogP contribution in [-0.2, 0) is 10.2 Å². The average Bonchev–Trinajstić information content (AvgIpc) is 2.18. The summed E-state index contributed by atoms with van der Waals surface area (Å²) in [4.78, 5) is 0. The smallest absolute Gasteiger partial charge is 0.279 e. The normalized spacial score (nSPS) is 20.8. The molecule has 15 heavy (non-hydrogen) atoms. The monoisotopic (exact) mass is 231 g/mol. The van der Waals surface area contributed by atoms with Crippen molar-refractivity contribution in [2.24, 2.45) is 0 Å². The SMILES string of the molecule is C#CCC(C)NS(=O)(=O)N1CCNCC1. The Bertz CT molecular complexity index is 328. The third-order valence-corrected chi connectivity index (χ3v) is 3.94. The van der Waals surface area contributed by atoms with Gasteiger partial charge in [0.1, 0.15) is 0 Å². The van der Waals surface area contributed by atoms with Crippen molar-refractivity contribution in [3.05, 3.63) is 0 Å². The summed E-state index contributed by atoms with van der Waals surface area (Å²) in [6.45, 7) is 4.19. The quantitative estimate of drug-likeness (QED) is 0.619. The topological polar surface area (TPSA) is 61.4 Å². The number of hydrogen-bond acceptors (Lipinski definition) is 3. The molecule has 2 N–H and O–H groups in total. The Morgan fingerprint density at radius 3 is 2.67 bits per heavy atom. The van der Waals surface area contributed by atoms with Crippen molar-refractivity contribution in [1.29, 1.82) is 0 Å². The lowest BCUT2D eigenvalue weighted by Crippen LogP contribution is -2.52. The van der Waals surface area contributed by atoms with Crippen LogP contribution in [0.1, 0.15) is 13.3 Å². The van der Waals surface area contributed by atoms with E-state index in [4.69, 9.17) is 6.42 Å². The van der Waals surface area contributed by atoms with Crippen LogP contribution in [0.25, 0.3) is 0 Å². The zero-order valence-corrected chi connectivity index (χ0v) is 9.68. The lowest BCUT2D eigenvalue weighted by molar-refractivity contribution is 0.352. The lowest BCUT2D eigenvalue weighted by atomic mass is 10.3. The molecule has 1 unspecified atom stereocenters. The van der Waals surface area contributed by atoms with Crippen LogP contribution in [0, 0.1) is 12.3 Å². The van der Waals surface area contributed by atoms with E-state index in [9.17, 15) is 8.42 Å². The van der Waals surface area contributed by atoms with E-state index < -0.39 is 10.2 Å². The number of terminal acetylenes is 1. The predicted octanol–water partition coefficient (Wildman–Crippen LogP) is -0.862. The van der Waals surface area contributed by atoms with E-state index in [0.717, 1.165) is 0 Å². The van der Waals surface area contributed by atoms with Gasteiger partial charge >= 0.3 is 0 Å². The zero-order chi connectivity index (χ0) is 11.3.